The molecule has 0 N–H and O–H groups in total. The van der Waals surface area contributed by atoms with Crippen LogP contribution in [0.5, 0.6) is 0 Å². The van der Waals surface area contributed by atoms with Crippen LogP contribution < -0.4 is 0 Å². The summed E-state index contributed by atoms with van der Waals surface area (Å²) < 4.78 is 1.64. The molecule has 3 aromatic rings. The highest BCUT2D eigenvalue weighted by Gasteiger charge is 2.16. The van der Waals surface area contributed by atoms with Gasteiger partial charge in [-0.15, -0.1) is 10.2 Å². The van der Waals surface area contributed by atoms with E-state index in [1.165, 1.54) is 6.20 Å². The van der Waals surface area contributed by atoms with Gasteiger partial charge in [-0.25, -0.2) is 0 Å². The Morgan fingerprint density at radius 1 is 0.944 bits per heavy atom. The molecule has 0 fully saturated rings. The van der Waals surface area contributed by atoms with Gasteiger partial charge in [-0.2, -0.15) is 0 Å². The molecule has 3 rings (SSSR count). The molecule has 7 heteroatoms. The molecule has 18 heavy (non-hydrogen) atoms. The molecule has 0 amide bonds. The van der Waals surface area contributed by atoms with Crippen molar-refractivity contribution in [2.75, 3.05) is 0 Å². The fourth-order valence-electron chi connectivity index (χ4n) is 1.69. The molecule has 0 radical (unpaired) electrons. The summed E-state index contributed by atoms with van der Waals surface area (Å²) in [6.45, 7) is 0. The summed E-state index contributed by atoms with van der Waals surface area (Å²) >= 11 is 18.4. The second-order valence-corrected chi connectivity index (χ2v) is 4.75. The van der Waals surface area contributed by atoms with E-state index < -0.39 is 0 Å². The van der Waals surface area contributed by atoms with Crippen molar-refractivity contribution in [3.63, 3.8) is 0 Å². The second-order valence-electron chi connectivity index (χ2n) is 3.54. The lowest BCUT2D eigenvalue weighted by Gasteiger charge is -2.05. The maximum Gasteiger partial charge on any atom is 0.180 e. The molecule has 2 aromatic heterocycles. The smallest absolute Gasteiger partial charge is 0.180 e. The van der Waals surface area contributed by atoms with Crippen LogP contribution in [0, 0.1) is 0 Å². The molecule has 0 aliphatic carbocycles. The highest BCUT2D eigenvalue weighted by Crippen LogP contribution is 2.34. The van der Waals surface area contributed by atoms with Gasteiger partial charge in [0.2, 0.25) is 0 Å². The van der Waals surface area contributed by atoms with Crippen molar-refractivity contribution in [2.45, 2.75) is 0 Å². The van der Waals surface area contributed by atoms with Crippen LogP contribution in [0.25, 0.3) is 17.0 Å². The molecule has 4 nitrogen and oxygen atoms in total. The summed E-state index contributed by atoms with van der Waals surface area (Å²) in [7, 11) is 0. The van der Waals surface area contributed by atoms with Gasteiger partial charge >= 0.3 is 0 Å². The summed E-state index contributed by atoms with van der Waals surface area (Å²) in [5.41, 5.74) is 1.13. The van der Waals surface area contributed by atoms with Gasteiger partial charge in [-0.1, -0.05) is 40.9 Å². The lowest BCUT2D eigenvalue weighted by molar-refractivity contribution is 1.11. The van der Waals surface area contributed by atoms with Crippen LogP contribution in [0.3, 0.4) is 0 Å². The maximum absolute atomic E-state index is 6.15. The molecule has 0 bridgehead atoms. The molecule has 1 aromatic carbocycles. The van der Waals surface area contributed by atoms with Crippen molar-refractivity contribution in [2.24, 2.45) is 0 Å². The normalized spacial score (nSPS) is 11.1. The van der Waals surface area contributed by atoms with Gasteiger partial charge in [0.1, 0.15) is 5.15 Å². The molecular formula is C11H5Cl3N4. The predicted octanol–water partition coefficient (Wildman–Crippen LogP) is 3.75. The van der Waals surface area contributed by atoms with Gasteiger partial charge in [-0.3, -0.25) is 9.38 Å². The lowest BCUT2D eigenvalue weighted by Crippen LogP contribution is -1.93. The number of hydrogen-bond donors (Lipinski definition) is 0. The average molecular weight is 300 g/mol. The number of halogens is 3. The first-order valence-corrected chi connectivity index (χ1v) is 6.11. The van der Waals surface area contributed by atoms with Crippen LogP contribution in [0.1, 0.15) is 0 Å². The van der Waals surface area contributed by atoms with Gasteiger partial charge in [0.25, 0.3) is 0 Å². The van der Waals surface area contributed by atoms with E-state index in [-0.39, 0.29) is 0 Å². The van der Waals surface area contributed by atoms with Gasteiger partial charge < -0.3 is 0 Å². The minimum atomic E-state index is 0.392. The molecule has 2 heterocycles. The third kappa shape index (κ3) is 1.73. The van der Waals surface area contributed by atoms with Crippen LogP contribution in [0.15, 0.2) is 30.6 Å². The summed E-state index contributed by atoms with van der Waals surface area (Å²) in [6, 6.07) is 5.23. The molecule has 0 saturated carbocycles. The highest BCUT2D eigenvalue weighted by molar-refractivity contribution is 6.39. The van der Waals surface area contributed by atoms with Crippen molar-refractivity contribution in [1.29, 1.82) is 0 Å². The Morgan fingerprint density at radius 2 is 1.67 bits per heavy atom. The standard InChI is InChI=1S/C11H5Cl3N4/c12-6-2-1-3-7(13)10(6)11-17-16-9-5-15-4-8(14)18(9)11/h1-5H. The highest BCUT2D eigenvalue weighted by atomic mass is 35.5. The Kier molecular flexibility index (Phi) is 2.86. The summed E-state index contributed by atoms with van der Waals surface area (Å²) in [6.07, 6.45) is 3.07. The minimum Gasteiger partial charge on any atom is -0.262 e. The van der Waals surface area contributed by atoms with E-state index in [1.54, 1.807) is 28.8 Å². The zero-order chi connectivity index (χ0) is 12.7. The topological polar surface area (TPSA) is 43.1 Å². The monoisotopic (exact) mass is 298 g/mol. The first-order valence-electron chi connectivity index (χ1n) is 4.97. The Balaban J connectivity index is 2.39. The largest absolute Gasteiger partial charge is 0.262 e. The van der Waals surface area contributed by atoms with E-state index >= 15 is 0 Å². The second kappa shape index (κ2) is 4.39. The molecule has 0 unspecified atom stereocenters. The van der Waals surface area contributed by atoms with Crippen molar-refractivity contribution < 1.29 is 0 Å². The molecule has 0 saturated heterocycles. The number of aromatic nitrogens is 4. The third-order valence-corrected chi connectivity index (χ3v) is 3.36. The van der Waals surface area contributed by atoms with Crippen LogP contribution in [-0.2, 0) is 0 Å². The molecular weight excluding hydrogens is 295 g/mol. The Hall–Kier alpha value is -1.36. The van der Waals surface area contributed by atoms with E-state index in [1.807, 2.05) is 0 Å². The first kappa shape index (κ1) is 11.7. The van der Waals surface area contributed by atoms with Gasteiger partial charge in [-0.05, 0) is 12.1 Å². The fraction of sp³-hybridized carbons (Fsp3) is 0. The van der Waals surface area contributed by atoms with Crippen molar-refractivity contribution in [3.8, 4) is 11.4 Å². The van der Waals surface area contributed by atoms with E-state index in [0.717, 1.165) is 0 Å². The van der Waals surface area contributed by atoms with E-state index in [4.69, 9.17) is 34.8 Å². The van der Waals surface area contributed by atoms with E-state index in [0.29, 0.717) is 32.2 Å². The quantitative estimate of drug-likeness (QED) is 0.687. The van der Waals surface area contributed by atoms with Crippen LogP contribution in [0.4, 0.5) is 0 Å². The number of rotatable bonds is 1. The first-order chi connectivity index (χ1) is 8.68. The summed E-state index contributed by atoms with van der Waals surface area (Å²) in [5.74, 6) is 0.494. The van der Waals surface area contributed by atoms with Crippen LogP contribution in [0.2, 0.25) is 15.2 Å². The zero-order valence-corrected chi connectivity index (χ0v) is 11.1. The molecule has 0 atom stereocenters. The van der Waals surface area contributed by atoms with E-state index in [2.05, 4.69) is 15.2 Å². The van der Waals surface area contributed by atoms with Crippen LogP contribution >= 0.6 is 34.8 Å². The predicted molar refractivity (Wildman–Crippen MR) is 71.2 cm³/mol. The molecule has 90 valence electrons. The SMILES string of the molecule is Clc1cccc(Cl)c1-c1nnc2cncc(Cl)n12. The number of benzene rings is 1. The van der Waals surface area contributed by atoms with Crippen molar-refractivity contribution in [1.82, 2.24) is 19.6 Å². The maximum atomic E-state index is 6.15. The minimum absolute atomic E-state index is 0.392. The molecule has 0 aliphatic heterocycles. The lowest BCUT2D eigenvalue weighted by atomic mass is 10.2. The Bertz CT molecular complexity index is 718. The third-order valence-electron chi connectivity index (χ3n) is 2.46. The summed E-state index contributed by atoms with van der Waals surface area (Å²) in [4.78, 5) is 3.94. The van der Waals surface area contributed by atoms with Crippen molar-refractivity contribution in [3.05, 3.63) is 45.8 Å². The van der Waals surface area contributed by atoms with E-state index in [9.17, 15) is 0 Å². The fourth-order valence-corrected chi connectivity index (χ4v) is 2.48. The average Bonchev–Trinajstić information content (AvgIpc) is 2.74. The van der Waals surface area contributed by atoms with Crippen LogP contribution in [-0.4, -0.2) is 19.6 Å². The molecule has 0 spiro atoms. The zero-order valence-electron chi connectivity index (χ0n) is 8.81. The summed E-state index contributed by atoms with van der Waals surface area (Å²) in [5, 5.41) is 9.43. The van der Waals surface area contributed by atoms with Gasteiger partial charge in [0.05, 0.1) is 28.0 Å². The number of hydrogen-bond acceptors (Lipinski definition) is 3. The Labute approximate surface area is 117 Å². The number of fused-ring (bicyclic) bond motifs is 1. The number of nitrogens with zero attached hydrogens (tertiary/aromatic N) is 4. The van der Waals surface area contributed by atoms with Gasteiger partial charge in [0.15, 0.2) is 11.5 Å². The van der Waals surface area contributed by atoms with Crippen molar-refractivity contribution >= 4 is 40.4 Å². The van der Waals surface area contributed by atoms with Gasteiger partial charge in [0, 0.05) is 0 Å². The Morgan fingerprint density at radius 3 is 2.39 bits per heavy atom. The molecule has 0 aliphatic rings.